The van der Waals surface area contributed by atoms with Crippen molar-refractivity contribution in [3.63, 3.8) is 0 Å². The molecule has 3 rings (SSSR count). The molecule has 0 N–H and O–H groups in total. The molecule has 0 radical (unpaired) electrons. The fourth-order valence-electron chi connectivity index (χ4n) is 2.07. The van der Waals surface area contributed by atoms with Crippen molar-refractivity contribution >= 4 is 34.2 Å². The molecule has 5 heteroatoms. The number of pyridine rings is 2. The Morgan fingerprint density at radius 2 is 1.90 bits per heavy atom. The molecule has 0 unspecified atom stereocenters. The van der Waals surface area contributed by atoms with Crippen LogP contribution in [0.2, 0.25) is 5.02 Å². The van der Waals surface area contributed by atoms with E-state index in [2.05, 4.69) is 9.97 Å². The SMILES string of the molecule is CN(C(=O)c1cc(Cl)c2ccccc2n1)c1ccccn1. The molecule has 0 aliphatic carbocycles. The van der Waals surface area contributed by atoms with E-state index in [1.54, 1.807) is 31.4 Å². The number of benzene rings is 1. The first-order valence-corrected chi connectivity index (χ1v) is 6.79. The Labute approximate surface area is 127 Å². The molecule has 0 saturated carbocycles. The van der Waals surface area contributed by atoms with E-state index in [1.165, 1.54) is 4.90 Å². The van der Waals surface area contributed by atoms with E-state index in [9.17, 15) is 4.79 Å². The Balaban J connectivity index is 2.02. The molecule has 0 saturated heterocycles. The van der Waals surface area contributed by atoms with Crippen LogP contribution < -0.4 is 4.90 Å². The molecule has 2 aromatic heterocycles. The van der Waals surface area contributed by atoms with Crippen LogP contribution in [0.4, 0.5) is 5.82 Å². The second-order valence-corrected chi connectivity index (χ2v) is 4.97. The number of hydrogen-bond donors (Lipinski definition) is 0. The van der Waals surface area contributed by atoms with Gasteiger partial charge in [0.2, 0.25) is 0 Å². The number of hydrogen-bond acceptors (Lipinski definition) is 3. The molecular weight excluding hydrogens is 286 g/mol. The molecule has 0 atom stereocenters. The quantitative estimate of drug-likeness (QED) is 0.726. The highest BCUT2D eigenvalue weighted by Crippen LogP contribution is 2.23. The third-order valence-corrected chi connectivity index (χ3v) is 3.50. The summed E-state index contributed by atoms with van der Waals surface area (Å²) in [6, 6.07) is 14.4. The third kappa shape index (κ3) is 2.58. The molecule has 4 nitrogen and oxygen atoms in total. The van der Waals surface area contributed by atoms with E-state index in [-0.39, 0.29) is 5.91 Å². The highest BCUT2D eigenvalue weighted by Gasteiger charge is 2.17. The maximum atomic E-state index is 12.5. The number of carbonyl (C=O) groups excluding carboxylic acids is 1. The molecule has 2 heterocycles. The Morgan fingerprint density at radius 3 is 2.67 bits per heavy atom. The summed E-state index contributed by atoms with van der Waals surface area (Å²) in [6.45, 7) is 0. The fourth-order valence-corrected chi connectivity index (χ4v) is 2.33. The maximum Gasteiger partial charge on any atom is 0.277 e. The molecule has 0 bridgehead atoms. The second kappa shape index (κ2) is 5.50. The van der Waals surface area contributed by atoms with Gasteiger partial charge >= 0.3 is 0 Å². The van der Waals surface area contributed by atoms with E-state index in [1.807, 2.05) is 30.3 Å². The van der Waals surface area contributed by atoms with E-state index in [0.29, 0.717) is 22.1 Å². The van der Waals surface area contributed by atoms with Crippen molar-refractivity contribution < 1.29 is 4.79 Å². The Kier molecular flexibility index (Phi) is 3.54. The van der Waals surface area contributed by atoms with Gasteiger partial charge in [-0.15, -0.1) is 0 Å². The van der Waals surface area contributed by atoms with Gasteiger partial charge in [0.15, 0.2) is 0 Å². The summed E-state index contributed by atoms with van der Waals surface area (Å²) in [4.78, 5) is 22.5. The van der Waals surface area contributed by atoms with E-state index in [0.717, 1.165) is 5.39 Å². The lowest BCUT2D eigenvalue weighted by Gasteiger charge is -2.16. The predicted octanol–water partition coefficient (Wildman–Crippen LogP) is 3.56. The molecule has 104 valence electrons. The first-order chi connectivity index (χ1) is 10.2. The van der Waals surface area contributed by atoms with Gasteiger partial charge in [0.25, 0.3) is 5.91 Å². The van der Waals surface area contributed by atoms with Crippen molar-refractivity contribution in [2.75, 3.05) is 11.9 Å². The number of halogens is 1. The van der Waals surface area contributed by atoms with Gasteiger partial charge in [0, 0.05) is 18.6 Å². The van der Waals surface area contributed by atoms with Crippen LogP contribution >= 0.6 is 11.6 Å². The lowest BCUT2D eigenvalue weighted by Crippen LogP contribution is -2.27. The number of nitrogens with zero attached hydrogens (tertiary/aromatic N) is 3. The molecule has 1 aromatic carbocycles. The van der Waals surface area contributed by atoms with Crippen LogP contribution in [-0.2, 0) is 0 Å². The molecule has 1 amide bonds. The summed E-state index contributed by atoms with van der Waals surface area (Å²) < 4.78 is 0. The highest BCUT2D eigenvalue weighted by atomic mass is 35.5. The zero-order valence-corrected chi connectivity index (χ0v) is 12.1. The monoisotopic (exact) mass is 297 g/mol. The van der Waals surface area contributed by atoms with Gasteiger partial charge < -0.3 is 0 Å². The average molecular weight is 298 g/mol. The lowest BCUT2D eigenvalue weighted by atomic mass is 10.2. The standard InChI is InChI=1S/C16H12ClN3O/c1-20(15-8-4-5-9-18-15)16(21)14-10-12(17)11-6-2-3-7-13(11)19-14/h2-10H,1H3. The number of para-hydroxylation sites is 1. The van der Waals surface area contributed by atoms with Gasteiger partial charge in [-0.2, -0.15) is 0 Å². The van der Waals surface area contributed by atoms with Crippen LogP contribution in [0.3, 0.4) is 0 Å². The third-order valence-electron chi connectivity index (χ3n) is 3.18. The number of anilines is 1. The maximum absolute atomic E-state index is 12.5. The molecule has 21 heavy (non-hydrogen) atoms. The molecular formula is C16H12ClN3O. The fraction of sp³-hybridized carbons (Fsp3) is 0.0625. The number of fused-ring (bicyclic) bond motifs is 1. The van der Waals surface area contributed by atoms with Crippen LogP contribution in [0, 0.1) is 0 Å². The number of amides is 1. The van der Waals surface area contributed by atoms with Crippen molar-refractivity contribution in [2.24, 2.45) is 0 Å². The van der Waals surface area contributed by atoms with Crippen LogP contribution in [0.25, 0.3) is 10.9 Å². The Hall–Kier alpha value is -2.46. The summed E-state index contributed by atoms with van der Waals surface area (Å²) in [5.41, 5.74) is 0.995. The molecule has 0 fully saturated rings. The minimum atomic E-state index is -0.249. The second-order valence-electron chi connectivity index (χ2n) is 4.56. The van der Waals surface area contributed by atoms with Crippen LogP contribution in [-0.4, -0.2) is 22.9 Å². The van der Waals surface area contributed by atoms with Crippen molar-refractivity contribution in [2.45, 2.75) is 0 Å². The summed E-state index contributed by atoms with van der Waals surface area (Å²) in [5.74, 6) is 0.315. The minimum Gasteiger partial charge on any atom is -0.294 e. The molecule has 0 aliphatic heterocycles. The molecule has 3 aromatic rings. The summed E-state index contributed by atoms with van der Waals surface area (Å²) in [6.07, 6.45) is 1.64. The van der Waals surface area contributed by atoms with E-state index < -0.39 is 0 Å². The Bertz CT molecular complexity index is 805. The van der Waals surface area contributed by atoms with Gasteiger partial charge in [0.1, 0.15) is 11.5 Å². The van der Waals surface area contributed by atoms with Crippen LogP contribution in [0.15, 0.2) is 54.7 Å². The minimum absolute atomic E-state index is 0.249. The van der Waals surface area contributed by atoms with Gasteiger partial charge in [-0.3, -0.25) is 9.69 Å². The Morgan fingerprint density at radius 1 is 1.14 bits per heavy atom. The molecule has 0 spiro atoms. The summed E-state index contributed by atoms with van der Waals surface area (Å²) >= 11 is 6.23. The zero-order valence-electron chi connectivity index (χ0n) is 11.3. The van der Waals surface area contributed by atoms with Crippen molar-refractivity contribution in [3.8, 4) is 0 Å². The highest BCUT2D eigenvalue weighted by molar-refractivity contribution is 6.35. The van der Waals surface area contributed by atoms with Gasteiger partial charge in [0.05, 0.1) is 10.5 Å². The largest absolute Gasteiger partial charge is 0.294 e. The van der Waals surface area contributed by atoms with E-state index in [4.69, 9.17) is 11.6 Å². The van der Waals surface area contributed by atoms with Gasteiger partial charge in [-0.25, -0.2) is 9.97 Å². The number of rotatable bonds is 2. The van der Waals surface area contributed by atoms with Crippen LogP contribution in [0.1, 0.15) is 10.5 Å². The zero-order chi connectivity index (χ0) is 14.8. The first-order valence-electron chi connectivity index (χ1n) is 6.41. The van der Waals surface area contributed by atoms with Gasteiger partial charge in [-0.05, 0) is 24.3 Å². The normalized spacial score (nSPS) is 10.6. The van der Waals surface area contributed by atoms with Crippen LogP contribution in [0.5, 0.6) is 0 Å². The summed E-state index contributed by atoms with van der Waals surface area (Å²) in [5, 5.41) is 1.34. The van der Waals surface area contributed by atoms with Crippen molar-refractivity contribution in [1.29, 1.82) is 0 Å². The lowest BCUT2D eigenvalue weighted by molar-refractivity contribution is 0.0988. The van der Waals surface area contributed by atoms with E-state index >= 15 is 0 Å². The summed E-state index contributed by atoms with van der Waals surface area (Å²) in [7, 11) is 1.66. The smallest absolute Gasteiger partial charge is 0.277 e. The average Bonchev–Trinajstić information content (AvgIpc) is 2.54. The predicted molar refractivity (Wildman–Crippen MR) is 83.7 cm³/mol. The number of aromatic nitrogens is 2. The first kappa shape index (κ1) is 13.5. The number of carbonyl (C=O) groups is 1. The molecule has 0 aliphatic rings. The topological polar surface area (TPSA) is 46.1 Å². The van der Waals surface area contributed by atoms with Crippen molar-refractivity contribution in [3.05, 3.63) is 65.4 Å². The van der Waals surface area contributed by atoms with Gasteiger partial charge in [-0.1, -0.05) is 35.9 Å². The van der Waals surface area contributed by atoms with Crippen molar-refractivity contribution in [1.82, 2.24) is 9.97 Å².